The molecule has 0 unspecified atom stereocenters. The molecule has 1 aromatic rings. The molecule has 0 heterocycles. The van der Waals surface area contributed by atoms with E-state index in [0.29, 0.717) is 0 Å². The molecule has 1 aromatic carbocycles. The van der Waals surface area contributed by atoms with Crippen molar-refractivity contribution in [2.45, 2.75) is 4.90 Å². The van der Waals surface area contributed by atoms with Gasteiger partial charge >= 0.3 is 12.0 Å². The molecule has 0 aromatic heterocycles. The molecule has 9 heteroatoms. The molecule has 0 fully saturated rings. The molecule has 0 saturated carbocycles. The highest BCUT2D eigenvalue weighted by Gasteiger charge is 2.10. The zero-order valence-electron chi connectivity index (χ0n) is 8.66. The number of nitrogens with two attached hydrogens (primary N) is 3. The van der Waals surface area contributed by atoms with E-state index in [1.54, 1.807) is 0 Å². The molecule has 0 saturated heterocycles. The van der Waals surface area contributed by atoms with Gasteiger partial charge in [0.15, 0.2) is 0 Å². The second kappa shape index (κ2) is 4.74. The minimum Gasteiger partial charge on any atom is -0.453 e. The lowest BCUT2D eigenvalue weighted by Crippen LogP contribution is -2.29. The molecular formula is C8H12N5O3S+. The summed E-state index contributed by atoms with van der Waals surface area (Å²) in [7, 11) is -3.80. The van der Waals surface area contributed by atoms with Crippen molar-refractivity contribution in [2.24, 2.45) is 16.6 Å². The topological polar surface area (TPSA) is 159 Å². The first-order valence-electron chi connectivity index (χ1n) is 4.34. The number of aliphatic hydroxyl groups is 1. The zero-order valence-corrected chi connectivity index (χ0v) is 9.48. The number of amidine groups is 1. The summed E-state index contributed by atoms with van der Waals surface area (Å²) in [5, 5.41) is 16.6. The smallest absolute Gasteiger partial charge is 0.453 e. The van der Waals surface area contributed by atoms with Crippen molar-refractivity contribution in [3.63, 3.8) is 0 Å². The first-order chi connectivity index (χ1) is 7.79. The molecule has 8 nitrogen and oxygen atoms in total. The summed E-state index contributed by atoms with van der Waals surface area (Å²) in [5.74, 6) is -0.336. The van der Waals surface area contributed by atoms with Gasteiger partial charge in [0.25, 0.3) is 0 Å². The monoisotopic (exact) mass is 258 g/mol. The van der Waals surface area contributed by atoms with Crippen LogP contribution < -0.4 is 26.6 Å². The van der Waals surface area contributed by atoms with Crippen LogP contribution in [0.25, 0.3) is 0 Å². The van der Waals surface area contributed by atoms with Gasteiger partial charge in [-0.2, -0.15) is 0 Å². The van der Waals surface area contributed by atoms with Gasteiger partial charge in [-0.3, -0.25) is 11.5 Å². The van der Waals surface area contributed by atoms with Gasteiger partial charge < -0.3 is 5.11 Å². The average Bonchev–Trinajstić information content (AvgIpc) is 2.15. The van der Waals surface area contributed by atoms with E-state index in [2.05, 4.69) is 9.98 Å². The maximum absolute atomic E-state index is 11.1. The van der Waals surface area contributed by atoms with Crippen molar-refractivity contribution in [2.75, 3.05) is 5.32 Å². The van der Waals surface area contributed by atoms with Gasteiger partial charge in [-0.05, 0) is 18.2 Å². The fourth-order valence-electron chi connectivity index (χ4n) is 1.03. The first-order valence-corrected chi connectivity index (χ1v) is 5.89. The third-order valence-corrected chi connectivity index (χ3v) is 2.56. The molecule has 0 bridgehead atoms. The average molecular weight is 258 g/mol. The highest BCUT2D eigenvalue weighted by Crippen LogP contribution is 2.13. The predicted octanol–water partition coefficient (Wildman–Crippen LogP) is -2.00. The van der Waals surface area contributed by atoms with E-state index in [-0.39, 0.29) is 16.5 Å². The lowest BCUT2D eigenvalue weighted by atomic mass is 10.3. The summed E-state index contributed by atoms with van der Waals surface area (Å²) in [6.07, 6.45) is 0. The Labute approximate surface area is 97.5 Å². The third kappa shape index (κ3) is 4.03. The van der Waals surface area contributed by atoms with Crippen LogP contribution in [-0.2, 0) is 10.0 Å². The minimum absolute atomic E-state index is 0.0972. The maximum atomic E-state index is 11.1. The highest BCUT2D eigenvalue weighted by molar-refractivity contribution is 7.89. The SMILES string of the molecule is NC(N)=[N+]=C(O)Nc1cccc(S(N)(=O)=O)c1. The van der Waals surface area contributed by atoms with Crippen molar-refractivity contribution in [1.29, 1.82) is 0 Å². The van der Waals surface area contributed by atoms with Crippen LogP contribution in [0.1, 0.15) is 0 Å². The van der Waals surface area contributed by atoms with Gasteiger partial charge in [0.05, 0.1) is 10.6 Å². The third-order valence-electron chi connectivity index (χ3n) is 1.65. The van der Waals surface area contributed by atoms with Gasteiger partial charge in [0.1, 0.15) is 0 Å². The van der Waals surface area contributed by atoms with Gasteiger partial charge in [0.2, 0.25) is 10.0 Å². The van der Waals surface area contributed by atoms with E-state index in [4.69, 9.17) is 16.6 Å². The quantitative estimate of drug-likeness (QED) is 0.234. The lowest BCUT2D eigenvalue weighted by Gasteiger charge is -2.01. The van der Waals surface area contributed by atoms with Gasteiger partial charge in [0, 0.05) is 0 Å². The number of guanidine groups is 1. The number of primary sulfonamides is 1. The Balaban J connectivity index is 3.07. The number of sulfonamides is 1. The Morgan fingerprint density at radius 1 is 1.35 bits per heavy atom. The van der Waals surface area contributed by atoms with Crippen molar-refractivity contribution < 1.29 is 13.5 Å². The second-order valence-corrected chi connectivity index (χ2v) is 4.62. The molecule has 0 aliphatic carbocycles. The zero-order chi connectivity index (χ0) is 13.1. The number of rotatable bonds is 2. The summed E-state index contributed by atoms with van der Waals surface area (Å²) in [4.78, 5) is -0.0972. The van der Waals surface area contributed by atoms with E-state index >= 15 is 0 Å². The van der Waals surface area contributed by atoms with E-state index in [1.807, 2.05) is 0 Å². The second-order valence-electron chi connectivity index (χ2n) is 3.06. The number of hydrogen-bond donors (Lipinski definition) is 5. The Morgan fingerprint density at radius 3 is 2.53 bits per heavy atom. The van der Waals surface area contributed by atoms with E-state index in [1.165, 1.54) is 24.3 Å². The fraction of sp³-hybridized carbons (Fsp3) is 0. The van der Waals surface area contributed by atoms with Crippen molar-refractivity contribution in [1.82, 2.24) is 4.67 Å². The first kappa shape index (κ1) is 12.8. The van der Waals surface area contributed by atoms with E-state index in [9.17, 15) is 13.5 Å². The molecule has 0 aliphatic rings. The molecular weight excluding hydrogens is 246 g/mol. The summed E-state index contributed by atoms with van der Waals surface area (Å²) >= 11 is 0. The normalized spacial score (nSPS) is 10.4. The molecule has 0 radical (unpaired) electrons. The van der Waals surface area contributed by atoms with Crippen molar-refractivity contribution in [3.05, 3.63) is 24.3 Å². The van der Waals surface area contributed by atoms with Crippen LogP contribution in [0.2, 0.25) is 0 Å². The number of anilines is 1. The molecule has 92 valence electrons. The minimum atomic E-state index is -3.80. The van der Waals surface area contributed by atoms with E-state index < -0.39 is 16.0 Å². The molecule has 17 heavy (non-hydrogen) atoms. The maximum Gasteiger partial charge on any atom is 0.454 e. The molecule has 0 atom stereocenters. The van der Waals surface area contributed by atoms with Gasteiger partial charge in [-0.1, -0.05) is 6.07 Å². The molecule has 8 N–H and O–H groups in total. The molecule has 1 rings (SSSR count). The summed E-state index contributed by atoms with van der Waals surface area (Å²) < 4.78 is 25.4. The van der Waals surface area contributed by atoms with Crippen molar-refractivity contribution >= 4 is 27.7 Å². The van der Waals surface area contributed by atoms with Gasteiger partial charge in [-0.15, -0.1) is 0 Å². The lowest BCUT2D eigenvalue weighted by molar-refractivity contribution is 0.549. The highest BCUT2D eigenvalue weighted by atomic mass is 32.2. The Hall–Kier alpha value is -2.22. The van der Waals surface area contributed by atoms with E-state index in [0.717, 1.165) is 0 Å². The molecule has 0 amide bonds. The standard InChI is InChI=1S/C8H11N5O3S/c9-7(10)13-8(14)12-5-2-1-3-6(4-5)17(11,15)16/h1-4H,(H7,9,10,11,12,13,14,15,16)/p+1. The van der Waals surface area contributed by atoms with Crippen LogP contribution >= 0.6 is 0 Å². The Morgan fingerprint density at radius 2 is 2.00 bits per heavy atom. The van der Waals surface area contributed by atoms with Crippen LogP contribution in [0.5, 0.6) is 0 Å². The molecule has 0 spiro atoms. The van der Waals surface area contributed by atoms with Crippen LogP contribution in [-0.4, -0.2) is 25.5 Å². The summed E-state index contributed by atoms with van der Waals surface area (Å²) in [6, 6.07) is 4.95. The number of nitrogens with one attached hydrogen (secondary N) is 1. The Kier molecular flexibility index (Phi) is 3.59. The number of benzene rings is 1. The van der Waals surface area contributed by atoms with Crippen LogP contribution in [0.4, 0.5) is 5.69 Å². The van der Waals surface area contributed by atoms with Crippen LogP contribution in [0.15, 0.2) is 29.2 Å². The number of nitrogens with zero attached hydrogens (tertiary/aromatic N) is 1. The Bertz CT molecular complexity index is 585. The van der Waals surface area contributed by atoms with Crippen molar-refractivity contribution in [3.8, 4) is 0 Å². The predicted molar refractivity (Wildman–Crippen MR) is 64.6 cm³/mol. The van der Waals surface area contributed by atoms with Crippen LogP contribution in [0.3, 0.4) is 0 Å². The van der Waals surface area contributed by atoms with Crippen LogP contribution in [0, 0.1) is 0 Å². The summed E-state index contributed by atoms with van der Waals surface area (Å²) in [5.41, 5.74) is 10.4. The summed E-state index contributed by atoms with van der Waals surface area (Å²) in [6.45, 7) is 0. The number of hydrogen-bond acceptors (Lipinski definition) is 2. The fourth-order valence-corrected chi connectivity index (χ4v) is 1.59. The number of aliphatic hydroxyl groups excluding tert-OH is 1. The molecule has 0 aliphatic heterocycles. The largest absolute Gasteiger partial charge is 0.454 e. The van der Waals surface area contributed by atoms with Gasteiger partial charge in [-0.25, -0.2) is 23.5 Å².